The van der Waals surface area contributed by atoms with Crippen LogP contribution in [0.1, 0.15) is 10.4 Å². The van der Waals surface area contributed by atoms with Gasteiger partial charge in [0.05, 0.1) is 16.2 Å². The number of nitro groups is 1. The molecule has 1 aromatic heterocycles. The summed E-state index contributed by atoms with van der Waals surface area (Å²) in [5.74, 6) is -1.32. The third kappa shape index (κ3) is 4.74. The van der Waals surface area contributed by atoms with Crippen LogP contribution in [0.15, 0.2) is 41.0 Å². The van der Waals surface area contributed by atoms with Crippen LogP contribution in [-0.4, -0.2) is 28.4 Å². The normalized spacial score (nSPS) is 10.1. The molecule has 0 saturated carbocycles. The fourth-order valence-electron chi connectivity index (χ4n) is 1.62. The molecule has 0 radical (unpaired) electrons. The van der Waals surface area contributed by atoms with Crippen molar-refractivity contribution in [2.75, 3.05) is 11.9 Å². The van der Waals surface area contributed by atoms with E-state index in [4.69, 9.17) is 16.3 Å². The summed E-state index contributed by atoms with van der Waals surface area (Å²) in [7, 11) is 0. The number of ether oxygens (including phenoxy) is 1. The van der Waals surface area contributed by atoms with Crippen molar-refractivity contribution in [2.45, 2.75) is 0 Å². The van der Waals surface area contributed by atoms with E-state index in [-0.39, 0.29) is 16.4 Å². The number of halogens is 2. The summed E-state index contributed by atoms with van der Waals surface area (Å²) >= 11 is 8.73. The predicted molar refractivity (Wildman–Crippen MR) is 89.0 cm³/mol. The molecule has 2 aromatic rings. The van der Waals surface area contributed by atoms with Gasteiger partial charge in [-0.3, -0.25) is 14.9 Å². The van der Waals surface area contributed by atoms with Crippen LogP contribution in [0, 0.1) is 10.1 Å². The number of nitrogens with one attached hydrogen (secondary N) is 1. The fourth-order valence-corrected chi connectivity index (χ4v) is 2.19. The summed E-state index contributed by atoms with van der Waals surface area (Å²) in [6.45, 7) is -0.523. The van der Waals surface area contributed by atoms with E-state index in [1.807, 2.05) is 0 Å². The zero-order valence-electron chi connectivity index (χ0n) is 11.9. The van der Waals surface area contributed by atoms with Crippen molar-refractivity contribution in [3.63, 3.8) is 0 Å². The number of non-ortho nitro benzene ring substituents is 1. The lowest BCUT2D eigenvalue weighted by Crippen LogP contribution is -2.21. The molecule has 8 nitrogen and oxygen atoms in total. The quantitative estimate of drug-likeness (QED) is 0.348. The first kappa shape index (κ1) is 17.8. The van der Waals surface area contributed by atoms with Gasteiger partial charge in [-0.2, -0.15) is 0 Å². The SMILES string of the molecule is O=C(COC(=O)c1ccc(Cl)nc1)Nc1ccc([N+](=O)[O-])cc1Br. The summed E-state index contributed by atoms with van der Waals surface area (Å²) in [6.07, 6.45) is 1.23. The van der Waals surface area contributed by atoms with Crippen molar-refractivity contribution in [2.24, 2.45) is 0 Å². The second-order valence-corrected chi connectivity index (χ2v) is 5.66. The Hall–Kier alpha value is -2.52. The summed E-state index contributed by atoms with van der Waals surface area (Å²) in [4.78, 5) is 37.3. The molecule has 1 heterocycles. The zero-order valence-corrected chi connectivity index (χ0v) is 14.2. The number of hydrogen-bond acceptors (Lipinski definition) is 6. The molecule has 24 heavy (non-hydrogen) atoms. The van der Waals surface area contributed by atoms with Gasteiger partial charge in [0.1, 0.15) is 5.15 Å². The third-order valence-corrected chi connectivity index (χ3v) is 3.61. The van der Waals surface area contributed by atoms with Crippen molar-refractivity contribution in [3.8, 4) is 0 Å². The molecule has 1 amide bonds. The average molecular weight is 415 g/mol. The number of aromatic nitrogens is 1. The van der Waals surface area contributed by atoms with E-state index in [1.165, 1.54) is 36.5 Å². The molecule has 1 aromatic carbocycles. The second-order valence-electron chi connectivity index (χ2n) is 4.42. The van der Waals surface area contributed by atoms with Gasteiger partial charge in [-0.1, -0.05) is 11.6 Å². The number of nitrogens with zero attached hydrogens (tertiary/aromatic N) is 2. The smallest absolute Gasteiger partial charge is 0.340 e. The maximum atomic E-state index is 11.8. The third-order valence-electron chi connectivity index (χ3n) is 2.74. The minimum atomic E-state index is -0.725. The van der Waals surface area contributed by atoms with E-state index >= 15 is 0 Å². The first-order valence-electron chi connectivity index (χ1n) is 6.39. The lowest BCUT2D eigenvalue weighted by molar-refractivity contribution is -0.384. The molecule has 0 aliphatic heterocycles. The lowest BCUT2D eigenvalue weighted by Gasteiger charge is -2.08. The Balaban J connectivity index is 1.92. The van der Waals surface area contributed by atoms with Gasteiger partial charge in [-0.25, -0.2) is 9.78 Å². The number of pyridine rings is 1. The Morgan fingerprint density at radius 3 is 2.67 bits per heavy atom. The molecular weight excluding hydrogens is 406 g/mol. The molecule has 0 saturated heterocycles. The van der Waals surface area contributed by atoms with Crippen LogP contribution in [0.4, 0.5) is 11.4 Å². The number of amides is 1. The fraction of sp³-hybridized carbons (Fsp3) is 0.0714. The highest BCUT2D eigenvalue weighted by atomic mass is 79.9. The molecular formula is C14H9BrClN3O5. The van der Waals surface area contributed by atoms with Crippen molar-refractivity contribution in [3.05, 3.63) is 61.8 Å². The van der Waals surface area contributed by atoms with Crippen LogP contribution >= 0.6 is 27.5 Å². The van der Waals surface area contributed by atoms with E-state index in [1.54, 1.807) is 0 Å². The number of hydrogen-bond donors (Lipinski definition) is 1. The van der Waals surface area contributed by atoms with Gasteiger partial charge in [0.2, 0.25) is 0 Å². The number of anilines is 1. The number of carbonyl (C=O) groups excluding carboxylic acids is 2. The van der Waals surface area contributed by atoms with E-state index in [2.05, 4.69) is 26.2 Å². The Bertz CT molecular complexity index is 797. The Morgan fingerprint density at radius 1 is 1.33 bits per heavy atom. The molecule has 0 aliphatic rings. The first-order valence-corrected chi connectivity index (χ1v) is 7.56. The van der Waals surface area contributed by atoms with E-state index < -0.39 is 23.4 Å². The van der Waals surface area contributed by atoms with Gasteiger partial charge in [0, 0.05) is 22.8 Å². The van der Waals surface area contributed by atoms with Gasteiger partial charge in [-0.05, 0) is 34.1 Å². The standard InChI is InChI=1S/C14H9BrClN3O5/c15-10-5-9(19(22)23)2-3-11(10)18-13(20)7-24-14(21)8-1-4-12(16)17-6-8/h1-6H,7H2,(H,18,20). The minimum Gasteiger partial charge on any atom is -0.452 e. The average Bonchev–Trinajstić information content (AvgIpc) is 2.55. The maximum Gasteiger partial charge on any atom is 0.340 e. The number of carbonyl (C=O) groups is 2. The van der Waals surface area contributed by atoms with E-state index in [9.17, 15) is 19.7 Å². The summed E-state index contributed by atoms with van der Waals surface area (Å²) < 4.78 is 5.18. The van der Waals surface area contributed by atoms with Gasteiger partial charge in [0.15, 0.2) is 6.61 Å². The molecule has 124 valence electrons. The number of benzene rings is 1. The van der Waals surface area contributed by atoms with E-state index in [0.717, 1.165) is 0 Å². The highest BCUT2D eigenvalue weighted by molar-refractivity contribution is 9.10. The predicted octanol–water partition coefficient (Wildman–Crippen LogP) is 3.20. The zero-order chi connectivity index (χ0) is 17.7. The monoisotopic (exact) mass is 413 g/mol. The van der Waals surface area contributed by atoms with E-state index in [0.29, 0.717) is 10.2 Å². The van der Waals surface area contributed by atoms with Crippen molar-refractivity contribution >= 4 is 50.8 Å². The first-order chi connectivity index (χ1) is 11.4. The van der Waals surface area contributed by atoms with Crippen LogP contribution in [0.25, 0.3) is 0 Å². The van der Waals surface area contributed by atoms with Crippen LogP contribution in [0.5, 0.6) is 0 Å². The topological polar surface area (TPSA) is 111 Å². The van der Waals surface area contributed by atoms with Crippen LogP contribution in [-0.2, 0) is 9.53 Å². The second kappa shape index (κ2) is 7.84. The lowest BCUT2D eigenvalue weighted by atomic mass is 10.3. The Morgan fingerprint density at radius 2 is 2.08 bits per heavy atom. The Labute approximate surface area is 149 Å². The molecule has 0 unspecified atom stereocenters. The van der Waals surface area contributed by atoms with Gasteiger partial charge in [0.25, 0.3) is 11.6 Å². The highest BCUT2D eigenvalue weighted by Gasteiger charge is 2.14. The van der Waals surface area contributed by atoms with Gasteiger partial charge < -0.3 is 10.1 Å². The summed E-state index contributed by atoms with van der Waals surface area (Å²) in [5.41, 5.74) is 0.347. The molecule has 10 heteroatoms. The van der Waals surface area contributed by atoms with Crippen molar-refractivity contribution in [1.82, 2.24) is 4.98 Å². The van der Waals surface area contributed by atoms with Crippen molar-refractivity contribution in [1.29, 1.82) is 0 Å². The number of rotatable bonds is 5. The molecule has 1 N–H and O–H groups in total. The van der Waals surface area contributed by atoms with Crippen LogP contribution in [0.2, 0.25) is 5.15 Å². The maximum absolute atomic E-state index is 11.8. The molecule has 0 atom stereocenters. The minimum absolute atomic E-state index is 0.124. The molecule has 2 rings (SSSR count). The summed E-state index contributed by atoms with van der Waals surface area (Å²) in [5, 5.41) is 13.3. The molecule has 0 aliphatic carbocycles. The molecule has 0 bridgehead atoms. The van der Waals surface area contributed by atoms with Gasteiger partial charge in [-0.15, -0.1) is 0 Å². The molecule has 0 fully saturated rings. The van der Waals surface area contributed by atoms with Crippen LogP contribution in [0.3, 0.4) is 0 Å². The number of esters is 1. The Kier molecular flexibility index (Phi) is 5.83. The summed E-state index contributed by atoms with van der Waals surface area (Å²) in [6, 6.07) is 6.70. The largest absolute Gasteiger partial charge is 0.452 e. The van der Waals surface area contributed by atoms with Crippen molar-refractivity contribution < 1.29 is 19.2 Å². The number of nitro benzene ring substituents is 1. The van der Waals surface area contributed by atoms with Crippen LogP contribution < -0.4 is 5.32 Å². The van der Waals surface area contributed by atoms with Gasteiger partial charge >= 0.3 is 5.97 Å². The molecule has 0 spiro atoms. The highest BCUT2D eigenvalue weighted by Crippen LogP contribution is 2.27.